The zero-order valence-corrected chi connectivity index (χ0v) is 17.8. The highest BCUT2D eigenvalue weighted by molar-refractivity contribution is 7.91. The Balaban J connectivity index is 1.65. The highest BCUT2D eigenvalue weighted by Gasteiger charge is 2.21. The zero-order chi connectivity index (χ0) is 21.6. The third kappa shape index (κ3) is 5.17. The Bertz CT molecular complexity index is 1010. The van der Waals surface area contributed by atoms with Gasteiger partial charge in [0.2, 0.25) is 0 Å². The summed E-state index contributed by atoms with van der Waals surface area (Å²) in [5, 5.41) is 8.94. The minimum absolute atomic E-state index is 0.0892. The number of benzene rings is 2. The molecule has 30 heavy (non-hydrogen) atoms. The van der Waals surface area contributed by atoms with Crippen molar-refractivity contribution in [2.45, 2.75) is 11.3 Å². The van der Waals surface area contributed by atoms with Crippen LogP contribution in [0.25, 0.3) is 0 Å². The first kappa shape index (κ1) is 21.8. The van der Waals surface area contributed by atoms with E-state index in [2.05, 4.69) is 11.0 Å². The number of nitrogens with zero attached hydrogens (tertiary/aromatic N) is 3. The van der Waals surface area contributed by atoms with Gasteiger partial charge in [0, 0.05) is 44.5 Å². The predicted molar refractivity (Wildman–Crippen MR) is 114 cm³/mol. The van der Waals surface area contributed by atoms with Crippen LogP contribution in [0.15, 0.2) is 53.4 Å². The summed E-state index contributed by atoms with van der Waals surface area (Å²) in [4.78, 5) is 17.1. The van der Waals surface area contributed by atoms with Gasteiger partial charge in [-0.15, -0.1) is 0 Å². The van der Waals surface area contributed by atoms with Crippen molar-refractivity contribution in [1.82, 2.24) is 4.90 Å². The molecule has 0 atom stereocenters. The van der Waals surface area contributed by atoms with Crippen molar-refractivity contribution in [1.29, 1.82) is 5.26 Å². The van der Waals surface area contributed by atoms with Crippen LogP contribution in [0.1, 0.15) is 22.3 Å². The highest BCUT2D eigenvalue weighted by atomic mass is 32.2. The standard InChI is InChI=1S/C22H25N3O4S/c1-29-15-16-30(27,28)21-9-5-19(6-10-21)22(26)25-12-2-11-24(13-14-25)20-7-3-18(17-23)4-8-20/h3-10H,2,11-16H2,1H3. The fourth-order valence-electron chi connectivity index (χ4n) is 3.42. The van der Waals surface area contributed by atoms with Gasteiger partial charge >= 0.3 is 0 Å². The number of rotatable bonds is 6. The molecule has 0 unspecified atom stereocenters. The third-order valence-electron chi connectivity index (χ3n) is 5.16. The van der Waals surface area contributed by atoms with Gasteiger partial charge in [0.1, 0.15) is 0 Å². The maximum absolute atomic E-state index is 12.9. The summed E-state index contributed by atoms with van der Waals surface area (Å²) in [5.41, 5.74) is 2.14. The minimum atomic E-state index is -3.42. The molecule has 0 radical (unpaired) electrons. The van der Waals surface area contributed by atoms with E-state index in [0.717, 1.165) is 18.7 Å². The molecule has 0 saturated carbocycles. The van der Waals surface area contributed by atoms with Crippen molar-refractivity contribution < 1.29 is 17.9 Å². The molecular weight excluding hydrogens is 402 g/mol. The van der Waals surface area contributed by atoms with Gasteiger partial charge in [-0.25, -0.2) is 8.42 Å². The van der Waals surface area contributed by atoms with E-state index in [4.69, 9.17) is 10.00 Å². The van der Waals surface area contributed by atoms with Crippen LogP contribution in [-0.4, -0.2) is 64.9 Å². The topological polar surface area (TPSA) is 90.7 Å². The minimum Gasteiger partial charge on any atom is -0.384 e. The smallest absolute Gasteiger partial charge is 0.253 e. The molecule has 0 bridgehead atoms. The van der Waals surface area contributed by atoms with Gasteiger partial charge < -0.3 is 14.5 Å². The van der Waals surface area contributed by atoms with Crippen molar-refractivity contribution in [2.75, 3.05) is 50.5 Å². The Kier molecular flexibility index (Phi) is 7.08. The molecule has 2 aromatic carbocycles. The maximum atomic E-state index is 12.9. The highest BCUT2D eigenvalue weighted by Crippen LogP contribution is 2.19. The molecule has 2 aromatic rings. The van der Waals surface area contributed by atoms with Crippen molar-refractivity contribution in [2.24, 2.45) is 0 Å². The van der Waals surface area contributed by atoms with E-state index in [1.54, 1.807) is 29.2 Å². The number of sulfone groups is 1. The van der Waals surface area contributed by atoms with E-state index in [0.29, 0.717) is 30.8 Å². The summed E-state index contributed by atoms with van der Waals surface area (Å²) >= 11 is 0. The van der Waals surface area contributed by atoms with Crippen molar-refractivity contribution in [3.63, 3.8) is 0 Å². The van der Waals surface area contributed by atoms with Crippen LogP contribution in [0, 0.1) is 11.3 Å². The largest absolute Gasteiger partial charge is 0.384 e. The van der Waals surface area contributed by atoms with Crippen molar-refractivity contribution in [3.05, 3.63) is 59.7 Å². The molecule has 0 aromatic heterocycles. The second-order valence-corrected chi connectivity index (χ2v) is 9.24. The summed E-state index contributed by atoms with van der Waals surface area (Å²) in [6.07, 6.45) is 0.829. The summed E-state index contributed by atoms with van der Waals surface area (Å²) in [6.45, 7) is 2.87. The number of methoxy groups -OCH3 is 1. The lowest BCUT2D eigenvalue weighted by molar-refractivity contribution is 0.0767. The van der Waals surface area contributed by atoms with E-state index in [1.165, 1.54) is 19.2 Å². The number of hydrogen-bond donors (Lipinski definition) is 0. The van der Waals surface area contributed by atoms with Crippen LogP contribution in [0.5, 0.6) is 0 Å². The first-order valence-electron chi connectivity index (χ1n) is 9.81. The molecule has 1 aliphatic heterocycles. The lowest BCUT2D eigenvalue weighted by Crippen LogP contribution is -2.35. The van der Waals surface area contributed by atoms with E-state index >= 15 is 0 Å². The van der Waals surface area contributed by atoms with Crippen LogP contribution in [0.2, 0.25) is 0 Å². The second kappa shape index (κ2) is 9.74. The number of carbonyl (C=O) groups is 1. The van der Waals surface area contributed by atoms with Gasteiger partial charge in [-0.1, -0.05) is 0 Å². The Morgan fingerprint density at radius 3 is 2.37 bits per heavy atom. The van der Waals surface area contributed by atoms with E-state index in [1.807, 2.05) is 12.1 Å². The fraction of sp³-hybridized carbons (Fsp3) is 0.364. The molecule has 0 N–H and O–H groups in total. The summed E-state index contributed by atoms with van der Waals surface area (Å²) < 4.78 is 29.3. The summed E-state index contributed by atoms with van der Waals surface area (Å²) in [5.74, 6) is -0.189. The van der Waals surface area contributed by atoms with Crippen molar-refractivity contribution >= 4 is 21.4 Å². The maximum Gasteiger partial charge on any atom is 0.253 e. The van der Waals surface area contributed by atoms with Crippen LogP contribution < -0.4 is 4.90 Å². The molecule has 0 aliphatic carbocycles. The Morgan fingerprint density at radius 1 is 1.03 bits per heavy atom. The molecule has 8 heteroatoms. The fourth-order valence-corrected chi connectivity index (χ4v) is 4.60. The molecule has 1 aliphatic rings. The molecule has 3 rings (SSSR count). The van der Waals surface area contributed by atoms with Gasteiger partial charge in [0.25, 0.3) is 5.91 Å². The van der Waals surface area contributed by atoms with Crippen LogP contribution in [-0.2, 0) is 14.6 Å². The quantitative estimate of drug-likeness (QED) is 0.703. The molecule has 1 amide bonds. The number of hydrogen-bond acceptors (Lipinski definition) is 6. The van der Waals surface area contributed by atoms with E-state index in [-0.39, 0.29) is 23.2 Å². The third-order valence-corrected chi connectivity index (χ3v) is 6.86. The normalized spacial score (nSPS) is 14.8. The average molecular weight is 428 g/mol. The Morgan fingerprint density at radius 2 is 1.73 bits per heavy atom. The lowest BCUT2D eigenvalue weighted by Gasteiger charge is -2.24. The molecule has 1 saturated heterocycles. The molecule has 1 fully saturated rings. The summed E-state index contributed by atoms with van der Waals surface area (Å²) in [6, 6.07) is 15.7. The van der Waals surface area contributed by atoms with Crippen LogP contribution in [0.3, 0.4) is 0 Å². The predicted octanol–water partition coefficient (Wildman–Crippen LogP) is 2.33. The summed E-state index contributed by atoms with van der Waals surface area (Å²) in [7, 11) is -1.96. The van der Waals surface area contributed by atoms with Gasteiger partial charge in [0.15, 0.2) is 9.84 Å². The van der Waals surface area contributed by atoms with Crippen LogP contribution in [0.4, 0.5) is 5.69 Å². The first-order valence-corrected chi connectivity index (χ1v) is 11.5. The number of ether oxygens (including phenoxy) is 1. The Labute approximate surface area is 177 Å². The number of nitriles is 1. The van der Waals surface area contributed by atoms with Gasteiger partial charge in [0.05, 0.1) is 28.9 Å². The molecule has 0 spiro atoms. The van der Waals surface area contributed by atoms with Crippen LogP contribution >= 0.6 is 0 Å². The van der Waals surface area contributed by atoms with Gasteiger partial charge in [-0.3, -0.25) is 4.79 Å². The lowest BCUT2D eigenvalue weighted by atomic mass is 10.2. The van der Waals surface area contributed by atoms with Gasteiger partial charge in [-0.2, -0.15) is 5.26 Å². The Hall–Kier alpha value is -2.89. The monoisotopic (exact) mass is 427 g/mol. The van der Waals surface area contributed by atoms with Gasteiger partial charge in [-0.05, 0) is 55.0 Å². The average Bonchev–Trinajstić information content (AvgIpc) is 3.04. The van der Waals surface area contributed by atoms with Crippen molar-refractivity contribution in [3.8, 4) is 6.07 Å². The molecule has 158 valence electrons. The van der Waals surface area contributed by atoms with E-state index in [9.17, 15) is 13.2 Å². The number of carbonyl (C=O) groups excluding carboxylic acids is 1. The SMILES string of the molecule is COCCS(=O)(=O)c1ccc(C(=O)N2CCCN(c3ccc(C#N)cc3)CC2)cc1. The number of anilines is 1. The molecular formula is C22H25N3O4S. The second-order valence-electron chi connectivity index (χ2n) is 7.13. The number of amides is 1. The first-order chi connectivity index (χ1) is 14.4. The van der Waals surface area contributed by atoms with E-state index < -0.39 is 9.84 Å². The molecule has 7 nitrogen and oxygen atoms in total. The molecule has 1 heterocycles. The zero-order valence-electron chi connectivity index (χ0n) is 17.0.